The molecular weight excluding hydrogens is 402 g/mol. The van der Waals surface area contributed by atoms with E-state index < -0.39 is 0 Å². The van der Waals surface area contributed by atoms with Crippen molar-refractivity contribution in [1.82, 2.24) is 20.4 Å². The fourth-order valence-corrected chi connectivity index (χ4v) is 3.53. The molecule has 0 unspecified atom stereocenters. The van der Waals surface area contributed by atoms with Crippen LogP contribution in [0.2, 0.25) is 0 Å². The number of ether oxygens (including phenoxy) is 2. The van der Waals surface area contributed by atoms with Crippen LogP contribution >= 0.6 is 0 Å². The van der Waals surface area contributed by atoms with E-state index >= 15 is 0 Å². The van der Waals surface area contributed by atoms with Crippen LogP contribution in [0, 0.1) is 0 Å². The minimum atomic E-state index is 0.674. The maximum atomic E-state index is 5.83. The number of rotatable bonds is 13. The molecule has 0 aliphatic carbocycles. The number of nitrogens with zero attached hydrogens (tertiary/aromatic N) is 3. The van der Waals surface area contributed by atoms with Crippen LogP contribution in [0.5, 0.6) is 11.5 Å². The number of nitrogens with one attached hydrogen (secondary N) is 2. The first-order chi connectivity index (χ1) is 15.6. The van der Waals surface area contributed by atoms with Crippen LogP contribution in [0.25, 0.3) is 11.3 Å². The van der Waals surface area contributed by atoms with Crippen LogP contribution in [-0.4, -0.2) is 69.6 Å². The SMILES string of the molecule is CNCCN(C)Cc1cn[nH]c1-c1ccc(N(C)CCCOc2ccc(OC)cc2)cc1. The van der Waals surface area contributed by atoms with Gasteiger partial charge in [0.25, 0.3) is 0 Å². The molecule has 3 aromatic rings. The Morgan fingerprint density at radius 3 is 2.38 bits per heavy atom. The Balaban J connectivity index is 1.49. The van der Waals surface area contributed by atoms with Gasteiger partial charge >= 0.3 is 0 Å². The van der Waals surface area contributed by atoms with Gasteiger partial charge in [-0.25, -0.2) is 0 Å². The molecule has 1 heterocycles. The van der Waals surface area contributed by atoms with Gasteiger partial charge in [0.1, 0.15) is 11.5 Å². The molecular formula is C25H35N5O2. The molecule has 32 heavy (non-hydrogen) atoms. The lowest BCUT2D eigenvalue weighted by atomic mass is 10.1. The number of H-pyrrole nitrogens is 1. The second-order valence-corrected chi connectivity index (χ2v) is 7.96. The van der Waals surface area contributed by atoms with Crippen molar-refractivity contribution in [2.45, 2.75) is 13.0 Å². The van der Waals surface area contributed by atoms with Gasteiger partial charge in [0.2, 0.25) is 0 Å². The zero-order valence-corrected chi connectivity index (χ0v) is 19.6. The molecule has 0 saturated carbocycles. The monoisotopic (exact) mass is 437 g/mol. The molecule has 0 atom stereocenters. The van der Waals surface area contributed by atoms with E-state index in [0.717, 1.165) is 55.4 Å². The molecule has 0 spiro atoms. The van der Waals surface area contributed by atoms with E-state index in [1.165, 1.54) is 11.3 Å². The maximum absolute atomic E-state index is 5.83. The van der Waals surface area contributed by atoms with E-state index in [-0.39, 0.29) is 0 Å². The van der Waals surface area contributed by atoms with Crippen molar-refractivity contribution in [1.29, 1.82) is 0 Å². The lowest BCUT2D eigenvalue weighted by Crippen LogP contribution is -2.27. The third-order valence-electron chi connectivity index (χ3n) is 5.46. The van der Waals surface area contributed by atoms with Crippen molar-refractivity contribution < 1.29 is 9.47 Å². The average Bonchev–Trinajstić information content (AvgIpc) is 3.28. The Morgan fingerprint density at radius 1 is 0.969 bits per heavy atom. The summed E-state index contributed by atoms with van der Waals surface area (Å²) < 4.78 is 11.0. The molecule has 0 fully saturated rings. The van der Waals surface area contributed by atoms with Gasteiger partial charge in [-0.2, -0.15) is 5.10 Å². The minimum Gasteiger partial charge on any atom is -0.497 e. The van der Waals surface area contributed by atoms with Gasteiger partial charge in [0.15, 0.2) is 0 Å². The highest BCUT2D eigenvalue weighted by Gasteiger charge is 2.11. The van der Waals surface area contributed by atoms with Crippen LogP contribution in [0.15, 0.2) is 54.7 Å². The fraction of sp³-hybridized carbons (Fsp3) is 0.400. The fourth-order valence-electron chi connectivity index (χ4n) is 3.53. The molecule has 0 bridgehead atoms. The van der Waals surface area contributed by atoms with Crippen LogP contribution in [0.4, 0.5) is 5.69 Å². The van der Waals surface area contributed by atoms with Gasteiger partial charge in [-0.15, -0.1) is 0 Å². The minimum absolute atomic E-state index is 0.674. The van der Waals surface area contributed by atoms with Crippen molar-refractivity contribution in [2.75, 3.05) is 59.4 Å². The summed E-state index contributed by atoms with van der Waals surface area (Å²) in [6.45, 7) is 4.42. The molecule has 0 aliphatic heterocycles. The van der Waals surface area contributed by atoms with Gasteiger partial charge in [-0.1, -0.05) is 12.1 Å². The molecule has 0 saturated heterocycles. The number of likely N-dealkylation sites (N-methyl/N-ethyl adjacent to an activating group) is 2. The van der Waals surface area contributed by atoms with E-state index in [4.69, 9.17) is 9.47 Å². The van der Waals surface area contributed by atoms with Crippen molar-refractivity contribution in [3.05, 3.63) is 60.3 Å². The number of anilines is 1. The third-order valence-corrected chi connectivity index (χ3v) is 5.46. The summed E-state index contributed by atoms with van der Waals surface area (Å²) in [7, 11) is 7.88. The maximum Gasteiger partial charge on any atom is 0.119 e. The lowest BCUT2D eigenvalue weighted by molar-refractivity contribution is 0.312. The summed E-state index contributed by atoms with van der Waals surface area (Å²) in [6.07, 6.45) is 2.86. The second kappa shape index (κ2) is 12.1. The van der Waals surface area contributed by atoms with Gasteiger partial charge in [-0.3, -0.25) is 5.10 Å². The standard InChI is InChI=1S/C25H35N5O2/c1-26-14-16-29(2)19-21-18-27-28-25(21)20-6-8-22(9-7-20)30(3)15-5-17-32-24-12-10-23(31-4)11-13-24/h6-13,18,26H,5,14-17,19H2,1-4H3,(H,27,28). The van der Waals surface area contributed by atoms with E-state index in [1.54, 1.807) is 7.11 Å². The molecule has 0 aliphatic rings. The van der Waals surface area contributed by atoms with Crippen LogP contribution < -0.4 is 19.7 Å². The number of benzene rings is 2. The predicted octanol–water partition coefficient (Wildman–Crippen LogP) is 3.64. The first-order valence-electron chi connectivity index (χ1n) is 11.0. The summed E-state index contributed by atoms with van der Waals surface area (Å²) >= 11 is 0. The highest BCUT2D eigenvalue weighted by atomic mass is 16.5. The van der Waals surface area contributed by atoms with Gasteiger partial charge in [0, 0.05) is 50.0 Å². The summed E-state index contributed by atoms with van der Waals surface area (Å²) in [6, 6.07) is 16.3. The normalized spacial score (nSPS) is 11.0. The second-order valence-electron chi connectivity index (χ2n) is 7.96. The molecule has 3 rings (SSSR count). The highest BCUT2D eigenvalue weighted by Crippen LogP contribution is 2.25. The predicted molar refractivity (Wildman–Crippen MR) is 131 cm³/mol. The smallest absolute Gasteiger partial charge is 0.119 e. The van der Waals surface area contributed by atoms with Gasteiger partial charge < -0.3 is 24.6 Å². The lowest BCUT2D eigenvalue weighted by Gasteiger charge is -2.20. The average molecular weight is 438 g/mol. The zero-order chi connectivity index (χ0) is 22.8. The van der Waals surface area contributed by atoms with Gasteiger partial charge in [0.05, 0.1) is 25.6 Å². The van der Waals surface area contributed by atoms with E-state index in [0.29, 0.717) is 6.61 Å². The summed E-state index contributed by atoms with van der Waals surface area (Å²) in [5.74, 6) is 1.70. The third kappa shape index (κ3) is 6.73. The summed E-state index contributed by atoms with van der Waals surface area (Å²) in [5, 5.41) is 10.6. The number of hydrogen-bond acceptors (Lipinski definition) is 6. The van der Waals surface area contributed by atoms with Crippen LogP contribution in [0.1, 0.15) is 12.0 Å². The molecule has 0 amide bonds. The molecule has 2 N–H and O–H groups in total. The Labute approximate surface area is 191 Å². The Hall–Kier alpha value is -3.03. The quantitative estimate of drug-likeness (QED) is 0.398. The van der Waals surface area contributed by atoms with Crippen LogP contribution in [0.3, 0.4) is 0 Å². The molecule has 7 heteroatoms. The number of methoxy groups -OCH3 is 1. The summed E-state index contributed by atoms with van der Waals surface area (Å²) in [5.41, 5.74) is 4.63. The number of hydrogen-bond donors (Lipinski definition) is 2. The highest BCUT2D eigenvalue weighted by molar-refractivity contribution is 5.65. The molecule has 2 aromatic carbocycles. The Bertz CT molecular complexity index is 924. The largest absolute Gasteiger partial charge is 0.497 e. The first-order valence-corrected chi connectivity index (χ1v) is 11.0. The van der Waals surface area contributed by atoms with Crippen molar-refractivity contribution in [3.63, 3.8) is 0 Å². The molecule has 172 valence electrons. The molecule has 0 radical (unpaired) electrons. The first kappa shape index (κ1) is 23.6. The van der Waals surface area contributed by atoms with E-state index in [9.17, 15) is 0 Å². The zero-order valence-electron chi connectivity index (χ0n) is 19.6. The van der Waals surface area contributed by atoms with Crippen molar-refractivity contribution in [2.24, 2.45) is 0 Å². The topological polar surface area (TPSA) is 65.7 Å². The van der Waals surface area contributed by atoms with E-state index in [1.807, 2.05) is 37.5 Å². The summed E-state index contributed by atoms with van der Waals surface area (Å²) in [4.78, 5) is 4.54. The number of aromatic nitrogens is 2. The van der Waals surface area contributed by atoms with Crippen molar-refractivity contribution in [3.8, 4) is 22.8 Å². The number of aromatic amines is 1. The van der Waals surface area contributed by atoms with E-state index in [2.05, 4.69) is 63.7 Å². The van der Waals surface area contributed by atoms with Crippen LogP contribution in [-0.2, 0) is 6.54 Å². The molecule has 1 aromatic heterocycles. The van der Waals surface area contributed by atoms with Gasteiger partial charge in [-0.05, 0) is 56.9 Å². The molecule has 7 nitrogen and oxygen atoms in total. The Kier molecular flexibility index (Phi) is 8.95. The Morgan fingerprint density at radius 2 is 1.69 bits per heavy atom. The van der Waals surface area contributed by atoms with Crippen molar-refractivity contribution >= 4 is 5.69 Å².